The summed E-state index contributed by atoms with van der Waals surface area (Å²) < 4.78 is 5.59. The molecule has 0 saturated heterocycles. The van der Waals surface area contributed by atoms with Crippen molar-refractivity contribution in [2.75, 3.05) is 5.32 Å². The van der Waals surface area contributed by atoms with E-state index in [1.54, 1.807) is 12.1 Å². The van der Waals surface area contributed by atoms with Crippen LogP contribution in [0.5, 0.6) is 5.75 Å². The lowest BCUT2D eigenvalue weighted by molar-refractivity contribution is 0.102. The minimum absolute atomic E-state index is 0.0828. The van der Waals surface area contributed by atoms with E-state index >= 15 is 0 Å². The van der Waals surface area contributed by atoms with E-state index in [1.807, 2.05) is 26.8 Å². The van der Waals surface area contributed by atoms with Crippen LogP contribution in [-0.4, -0.2) is 17.0 Å². The highest BCUT2D eigenvalue weighted by Gasteiger charge is 2.11. The van der Waals surface area contributed by atoms with Gasteiger partial charge in [-0.2, -0.15) is 0 Å². The molecule has 0 saturated carbocycles. The molecular weight excluding hydrogens is 268 g/mol. The first-order chi connectivity index (χ1) is 9.97. The fraction of sp³-hybridized carbons (Fsp3) is 0.250. The zero-order valence-corrected chi connectivity index (χ0v) is 12.3. The molecule has 0 aliphatic rings. The highest BCUT2D eigenvalue weighted by Crippen LogP contribution is 2.22. The van der Waals surface area contributed by atoms with Crippen molar-refractivity contribution in [2.24, 2.45) is 0 Å². The van der Waals surface area contributed by atoms with Gasteiger partial charge in [0.1, 0.15) is 11.3 Å². The number of nitrogens with one attached hydrogen (secondary N) is 2. The third-order valence-corrected chi connectivity index (χ3v) is 2.89. The van der Waals surface area contributed by atoms with Gasteiger partial charge in [-0.05, 0) is 44.5 Å². The SMILES string of the molecule is Cc1cc(OC(C)C)ccc1NC(=O)c1c[nH]ccc1=O. The number of H-pyrrole nitrogens is 1. The number of aromatic amines is 1. The molecule has 2 N–H and O–H groups in total. The Morgan fingerprint density at radius 2 is 2.05 bits per heavy atom. The van der Waals surface area contributed by atoms with Crippen LogP contribution in [0.3, 0.4) is 0 Å². The highest BCUT2D eigenvalue weighted by molar-refractivity contribution is 6.04. The Labute approximate surface area is 123 Å². The fourth-order valence-corrected chi connectivity index (χ4v) is 1.91. The molecule has 5 nitrogen and oxygen atoms in total. The first kappa shape index (κ1) is 14.8. The maximum atomic E-state index is 12.1. The molecule has 1 heterocycles. The summed E-state index contributed by atoms with van der Waals surface area (Å²) in [6.07, 6.45) is 2.97. The minimum atomic E-state index is -0.433. The Hall–Kier alpha value is -2.56. The summed E-state index contributed by atoms with van der Waals surface area (Å²) in [4.78, 5) is 26.4. The number of pyridine rings is 1. The number of carbonyl (C=O) groups excluding carboxylic acids is 1. The lowest BCUT2D eigenvalue weighted by Crippen LogP contribution is -2.21. The molecule has 0 unspecified atom stereocenters. The van der Waals surface area contributed by atoms with E-state index in [9.17, 15) is 9.59 Å². The number of hydrogen-bond donors (Lipinski definition) is 2. The van der Waals surface area contributed by atoms with Gasteiger partial charge in [0.05, 0.1) is 6.10 Å². The van der Waals surface area contributed by atoms with Crippen LogP contribution in [0.1, 0.15) is 29.8 Å². The quantitative estimate of drug-likeness (QED) is 0.907. The van der Waals surface area contributed by atoms with Crippen molar-refractivity contribution in [1.82, 2.24) is 4.98 Å². The summed E-state index contributed by atoms with van der Waals surface area (Å²) in [5, 5.41) is 2.73. The lowest BCUT2D eigenvalue weighted by atomic mass is 10.1. The Kier molecular flexibility index (Phi) is 4.42. The van der Waals surface area contributed by atoms with E-state index in [0.717, 1.165) is 11.3 Å². The summed E-state index contributed by atoms with van der Waals surface area (Å²) in [5.74, 6) is 0.315. The number of hydrogen-bond acceptors (Lipinski definition) is 3. The van der Waals surface area contributed by atoms with E-state index in [-0.39, 0.29) is 17.1 Å². The van der Waals surface area contributed by atoms with Crippen LogP contribution in [0.2, 0.25) is 0 Å². The Morgan fingerprint density at radius 1 is 1.29 bits per heavy atom. The van der Waals surface area contributed by atoms with Gasteiger partial charge in [-0.25, -0.2) is 0 Å². The molecule has 0 spiro atoms. The van der Waals surface area contributed by atoms with Crippen LogP contribution in [-0.2, 0) is 0 Å². The Bertz CT molecular complexity index is 705. The van der Waals surface area contributed by atoms with E-state index < -0.39 is 5.91 Å². The molecule has 0 atom stereocenters. The van der Waals surface area contributed by atoms with Crippen molar-refractivity contribution in [3.8, 4) is 5.75 Å². The molecule has 110 valence electrons. The molecule has 5 heteroatoms. The number of aromatic nitrogens is 1. The van der Waals surface area contributed by atoms with Crippen molar-refractivity contribution < 1.29 is 9.53 Å². The Balaban J connectivity index is 2.18. The molecule has 1 amide bonds. The van der Waals surface area contributed by atoms with Crippen LogP contribution in [0, 0.1) is 6.92 Å². The number of carbonyl (C=O) groups is 1. The molecule has 2 aromatic rings. The molecule has 0 aliphatic heterocycles. The van der Waals surface area contributed by atoms with E-state index in [2.05, 4.69) is 10.3 Å². The molecule has 0 aliphatic carbocycles. The second kappa shape index (κ2) is 6.26. The second-order valence-electron chi connectivity index (χ2n) is 5.02. The van der Waals surface area contributed by atoms with E-state index in [4.69, 9.17) is 4.74 Å². The highest BCUT2D eigenvalue weighted by atomic mass is 16.5. The van der Waals surface area contributed by atoms with E-state index in [0.29, 0.717) is 5.69 Å². The van der Waals surface area contributed by atoms with Crippen LogP contribution in [0.15, 0.2) is 41.5 Å². The van der Waals surface area contributed by atoms with Gasteiger partial charge in [0.2, 0.25) is 0 Å². The molecule has 0 radical (unpaired) electrons. The van der Waals surface area contributed by atoms with Gasteiger partial charge in [0, 0.05) is 24.1 Å². The average molecular weight is 286 g/mol. The summed E-state index contributed by atoms with van der Waals surface area (Å²) in [5.41, 5.74) is 1.29. The normalized spacial score (nSPS) is 10.5. The first-order valence-electron chi connectivity index (χ1n) is 6.73. The van der Waals surface area contributed by atoms with Gasteiger partial charge >= 0.3 is 0 Å². The third kappa shape index (κ3) is 3.72. The number of rotatable bonds is 4. The standard InChI is InChI=1S/C16H18N2O3/c1-10(2)21-12-4-5-14(11(3)8-12)18-16(20)13-9-17-7-6-15(13)19/h4-10H,1-3H3,(H,17,19)(H,18,20). The number of anilines is 1. The van der Waals surface area contributed by atoms with Crippen molar-refractivity contribution in [3.05, 3.63) is 58.0 Å². The topological polar surface area (TPSA) is 71.2 Å². The molecule has 21 heavy (non-hydrogen) atoms. The van der Waals surface area contributed by atoms with Gasteiger partial charge < -0.3 is 15.0 Å². The number of benzene rings is 1. The van der Waals surface area contributed by atoms with E-state index in [1.165, 1.54) is 18.5 Å². The second-order valence-corrected chi connectivity index (χ2v) is 5.02. The number of amides is 1. The fourth-order valence-electron chi connectivity index (χ4n) is 1.91. The monoisotopic (exact) mass is 286 g/mol. The van der Waals surface area contributed by atoms with Gasteiger partial charge in [-0.3, -0.25) is 9.59 Å². The van der Waals surface area contributed by atoms with Crippen LogP contribution in [0.25, 0.3) is 0 Å². The average Bonchev–Trinajstić information content (AvgIpc) is 2.41. The molecule has 1 aromatic carbocycles. The zero-order chi connectivity index (χ0) is 15.4. The predicted molar refractivity (Wildman–Crippen MR) is 82.0 cm³/mol. The zero-order valence-electron chi connectivity index (χ0n) is 12.3. The Morgan fingerprint density at radius 3 is 2.67 bits per heavy atom. The molecular formula is C16H18N2O3. The molecule has 0 fully saturated rings. The molecule has 2 rings (SSSR count). The largest absolute Gasteiger partial charge is 0.491 e. The summed E-state index contributed by atoms with van der Waals surface area (Å²) >= 11 is 0. The summed E-state index contributed by atoms with van der Waals surface area (Å²) in [6.45, 7) is 5.78. The predicted octanol–water partition coefficient (Wildman–Crippen LogP) is 2.72. The van der Waals surface area contributed by atoms with Gasteiger partial charge in [0.15, 0.2) is 5.43 Å². The van der Waals surface area contributed by atoms with Gasteiger partial charge in [-0.1, -0.05) is 0 Å². The maximum Gasteiger partial charge on any atom is 0.261 e. The minimum Gasteiger partial charge on any atom is -0.491 e. The van der Waals surface area contributed by atoms with Crippen molar-refractivity contribution in [3.63, 3.8) is 0 Å². The first-order valence-corrected chi connectivity index (χ1v) is 6.73. The van der Waals surface area contributed by atoms with Crippen LogP contribution >= 0.6 is 0 Å². The lowest BCUT2D eigenvalue weighted by Gasteiger charge is -2.13. The molecule has 0 bridgehead atoms. The van der Waals surface area contributed by atoms with Gasteiger partial charge in [0.25, 0.3) is 5.91 Å². The smallest absolute Gasteiger partial charge is 0.261 e. The van der Waals surface area contributed by atoms with Crippen molar-refractivity contribution >= 4 is 11.6 Å². The molecule has 1 aromatic heterocycles. The maximum absolute atomic E-state index is 12.1. The third-order valence-electron chi connectivity index (χ3n) is 2.89. The van der Waals surface area contributed by atoms with Crippen molar-refractivity contribution in [1.29, 1.82) is 0 Å². The number of aryl methyl sites for hydroxylation is 1. The van der Waals surface area contributed by atoms with Crippen LogP contribution < -0.4 is 15.5 Å². The number of ether oxygens (including phenoxy) is 1. The summed E-state index contributed by atoms with van der Waals surface area (Å²) in [7, 11) is 0. The van der Waals surface area contributed by atoms with Crippen molar-refractivity contribution in [2.45, 2.75) is 26.9 Å². The summed E-state index contributed by atoms with van der Waals surface area (Å²) in [6, 6.07) is 6.73. The van der Waals surface area contributed by atoms with Crippen LogP contribution in [0.4, 0.5) is 5.69 Å². The van der Waals surface area contributed by atoms with Gasteiger partial charge in [-0.15, -0.1) is 0 Å².